The molecule has 0 bridgehead atoms. The summed E-state index contributed by atoms with van der Waals surface area (Å²) in [5.74, 6) is 0.751. The normalized spacial score (nSPS) is 19.4. The zero-order valence-corrected chi connectivity index (χ0v) is 10.1. The summed E-state index contributed by atoms with van der Waals surface area (Å²) >= 11 is 0. The van der Waals surface area contributed by atoms with Gasteiger partial charge < -0.3 is 15.4 Å². The van der Waals surface area contributed by atoms with Crippen molar-refractivity contribution in [2.24, 2.45) is 5.73 Å². The molecule has 1 aromatic carbocycles. The Labute approximate surface area is 101 Å². The third-order valence-corrected chi connectivity index (χ3v) is 2.93. The van der Waals surface area contributed by atoms with Crippen LogP contribution in [0, 0.1) is 6.92 Å². The molecule has 0 radical (unpaired) electrons. The van der Waals surface area contributed by atoms with E-state index in [-0.39, 0.29) is 18.6 Å². The fourth-order valence-corrected chi connectivity index (χ4v) is 1.96. The number of hydrogen-bond acceptors (Lipinski definition) is 3. The van der Waals surface area contributed by atoms with Gasteiger partial charge in [0, 0.05) is 19.1 Å². The van der Waals surface area contributed by atoms with Gasteiger partial charge in [-0.1, -0.05) is 12.1 Å². The van der Waals surface area contributed by atoms with E-state index in [4.69, 9.17) is 10.5 Å². The molecular formula is C13H18N2O2. The van der Waals surface area contributed by atoms with Crippen LogP contribution in [-0.4, -0.2) is 36.5 Å². The van der Waals surface area contributed by atoms with Crippen molar-refractivity contribution in [3.05, 3.63) is 29.8 Å². The summed E-state index contributed by atoms with van der Waals surface area (Å²) in [7, 11) is 0. The van der Waals surface area contributed by atoms with E-state index < -0.39 is 0 Å². The Morgan fingerprint density at radius 3 is 3.06 bits per heavy atom. The first-order valence-electron chi connectivity index (χ1n) is 5.88. The van der Waals surface area contributed by atoms with E-state index in [0.717, 1.165) is 24.3 Å². The number of benzene rings is 1. The smallest absolute Gasteiger partial charge is 0.260 e. The Morgan fingerprint density at radius 2 is 2.41 bits per heavy atom. The minimum atomic E-state index is 0.0134. The molecule has 2 N–H and O–H groups in total. The predicted octanol–water partition coefficient (Wildman–Crippen LogP) is 0.933. The number of carbonyl (C=O) groups excluding carboxylic acids is 1. The Bertz CT molecular complexity index is 406. The second kappa shape index (κ2) is 5.19. The fourth-order valence-electron chi connectivity index (χ4n) is 1.96. The van der Waals surface area contributed by atoms with Crippen LogP contribution in [0.2, 0.25) is 0 Å². The van der Waals surface area contributed by atoms with Gasteiger partial charge in [-0.3, -0.25) is 4.79 Å². The Hall–Kier alpha value is -1.55. The van der Waals surface area contributed by atoms with Crippen molar-refractivity contribution < 1.29 is 9.53 Å². The van der Waals surface area contributed by atoms with Gasteiger partial charge in [0.15, 0.2) is 6.61 Å². The number of likely N-dealkylation sites (tertiary alicyclic amines) is 1. The number of nitrogens with zero attached hydrogens (tertiary/aromatic N) is 1. The van der Waals surface area contributed by atoms with Crippen LogP contribution in [0.5, 0.6) is 5.75 Å². The van der Waals surface area contributed by atoms with Gasteiger partial charge in [0.05, 0.1) is 0 Å². The average molecular weight is 234 g/mol. The van der Waals surface area contributed by atoms with E-state index in [1.165, 1.54) is 0 Å². The molecule has 1 amide bonds. The van der Waals surface area contributed by atoms with Crippen molar-refractivity contribution in [1.82, 2.24) is 4.90 Å². The molecule has 1 saturated heterocycles. The average Bonchev–Trinajstić information content (AvgIpc) is 2.73. The molecule has 0 aromatic heterocycles. The third kappa shape index (κ3) is 3.20. The summed E-state index contributed by atoms with van der Waals surface area (Å²) < 4.78 is 5.46. The van der Waals surface area contributed by atoms with E-state index in [1.54, 1.807) is 4.90 Å². The van der Waals surface area contributed by atoms with Crippen LogP contribution in [-0.2, 0) is 4.79 Å². The summed E-state index contributed by atoms with van der Waals surface area (Å²) in [6, 6.07) is 7.81. The largest absolute Gasteiger partial charge is 0.484 e. The van der Waals surface area contributed by atoms with E-state index in [2.05, 4.69) is 0 Å². The molecular weight excluding hydrogens is 216 g/mol. The number of hydrogen-bond donors (Lipinski definition) is 1. The van der Waals surface area contributed by atoms with Crippen molar-refractivity contribution in [2.45, 2.75) is 19.4 Å². The Morgan fingerprint density at radius 1 is 1.59 bits per heavy atom. The van der Waals surface area contributed by atoms with Gasteiger partial charge in [-0.25, -0.2) is 0 Å². The van der Waals surface area contributed by atoms with Gasteiger partial charge in [0.1, 0.15) is 5.75 Å². The lowest BCUT2D eigenvalue weighted by Crippen LogP contribution is -2.35. The highest BCUT2D eigenvalue weighted by atomic mass is 16.5. The van der Waals surface area contributed by atoms with Gasteiger partial charge in [0.2, 0.25) is 0 Å². The van der Waals surface area contributed by atoms with E-state index in [1.807, 2.05) is 31.2 Å². The first-order valence-corrected chi connectivity index (χ1v) is 5.88. The number of nitrogens with two attached hydrogens (primary N) is 1. The molecule has 2 rings (SSSR count). The molecule has 92 valence electrons. The minimum absolute atomic E-state index is 0.0134. The highest BCUT2D eigenvalue weighted by Crippen LogP contribution is 2.13. The first-order chi connectivity index (χ1) is 8.15. The molecule has 1 heterocycles. The summed E-state index contributed by atoms with van der Waals surface area (Å²) in [5.41, 5.74) is 6.88. The van der Waals surface area contributed by atoms with Crippen LogP contribution < -0.4 is 10.5 Å². The summed E-state index contributed by atoms with van der Waals surface area (Å²) in [6.45, 7) is 3.48. The number of aryl methyl sites for hydroxylation is 1. The van der Waals surface area contributed by atoms with Crippen LogP contribution in [0.25, 0.3) is 0 Å². The number of rotatable bonds is 3. The van der Waals surface area contributed by atoms with Crippen molar-refractivity contribution in [1.29, 1.82) is 0 Å². The van der Waals surface area contributed by atoms with Crippen molar-refractivity contribution >= 4 is 5.91 Å². The molecule has 0 aliphatic carbocycles. The number of amides is 1. The molecule has 4 nitrogen and oxygen atoms in total. The molecule has 17 heavy (non-hydrogen) atoms. The van der Waals surface area contributed by atoms with Crippen LogP contribution in [0.15, 0.2) is 24.3 Å². The van der Waals surface area contributed by atoms with Crippen LogP contribution >= 0.6 is 0 Å². The zero-order chi connectivity index (χ0) is 12.3. The Kier molecular flexibility index (Phi) is 3.64. The predicted molar refractivity (Wildman–Crippen MR) is 65.8 cm³/mol. The highest BCUT2D eigenvalue weighted by Gasteiger charge is 2.23. The summed E-state index contributed by atoms with van der Waals surface area (Å²) in [5, 5.41) is 0. The lowest BCUT2D eigenvalue weighted by molar-refractivity contribution is -0.132. The van der Waals surface area contributed by atoms with Crippen LogP contribution in [0.3, 0.4) is 0 Å². The highest BCUT2D eigenvalue weighted by molar-refractivity contribution is 5.78. The maximum absolute atomic E-state index is 11.8. The second-order valence-electron chi connectivity index (χ2n) is 4.49. The molecule has 1 aliphatic heterocycles. The van der Waals surface area contributed by atoms with Gasteiger partial charge in [-0.2, -0.15) is 0 Å². The molecule has 0 unspecified atom stereocenters. The fraction of sp³-hybridized carbons (Fsp3) is 0.462. The molecule has 4 heteroatoms. The summed E-state index contributed by atoms with van der Waals surface area (Å²) in [4.78, 5) is 13.6. The summed E-state index contributed by atoms with van der Waals surface area (Å²) in [6.07, 6.45) is 0.885. The topological polar surface area (TPSA) is 55.6 Å². The van der Waals surface area contributed by atoms with Crippen molar-refractivity contribution in [3.63, 3.8) is 0 Å². The van der Waals surface area contributed by atoms with Gasteiger partial charge in [0.25, 0.3) is 5.91 Å². The Balaban J connectivity index is 1.84. The maximum Gasteiger partial charge on any atom is 0.260 e. The van der Waals surface area contributed by atoms with Gasteiger partial charge in [-0.05, 0) is 31.0 Å². The van der Waals surface area contributed by atoms with Crippen molar-refractivity contribution in [3.8, 4) is 5.75 Å². The maximum atomic E-state index is 11.8. The van der Waals surface area contributed by atoms with E-state index in [0.29, 0.717) is 6.54 Å². The molecule has 1 atom stereocenters. The quantitative estimate of drug-likeness (QED) is 0.846. The van der Waals surface area contributed by atoms with Gasteiger partial charge in [-0.15, -0.1) is 0 Å². The number of ether oxygens (including phenoxy) is 1. The zero-order valence-electron chi connectivity index (χ0n) is 10.1. The minimum Gasteiger partial charge on any atom is -0.484 e. The van der Waals surface area contributed by atoms with E-state index in [9.17, 15) is 4.79 Å². The lowest BCUT2D eigenvalue weighted by Gasteiger charge is -2.16. The first kappa shape index (κ1) is 11.9. The standard InChI is InChI=1S/C13H18N2O2/c1-10-3-2-4-12(7-10)17-9-13(16)15-6-5-11(14)8-15/h2-4,7,11H,5-6,8-9,14H2,1H3/t11-/m0/s1. The molecule has 1 aliphatic rings. The van der Waals surface area contributed by atoms with Crippen LogP contribution in [0.4, 0.5) is 0 Å². The SMILES string of the molecule is Cc1cccc(OCC(=O)N2CC[C@H](N)C2)c1. The monoisotopic (exact) mass is 234 g/mol. The molecule has 1 fully saturated rings. The lowest BCUT2D eigenvalue weighted by atomic mass is 10.2. The molecule has 1 aromatic rings. The third-order valence-electron chi connectivity index (χ3n) is 2.93. The van der Waals surface area contributed by atoms with E-state index >= 15 is 0 Å². The number of carbonyl (C=O) groups is 1. The van der Waals surface area contributed by atoms with Crippen LogP contribution in [0.1, 0.15) is 12.0 Å². The molecule has 0 spiro atoms. The molecule has 0 saturated carbocycles. The second-order valence-corrected chi connectivity index (χ2v) is 4.49. The van der Waals surface area contributed by atoms with Crippen molar-refractivity contribution in [2.75, 3.05) is 19.7 Å². The van der Waals surface area contributed by atoms with Gasteiger partial charge >= 0.3 is 0 Å².